The van der Waals surface area contributed by atoms with E-state index in [4.69, 9.17) is 37.4 Å². The van der Waals surface area contributed by atoms with Crippen molar-refractivity contribution in [1.29, 1.82) is 0 Å². The Morgan fingerprint density at radius 2 is 1.88 bits per heavy atom. The highest BCUT2D eigenvalue weighted by Gasteiger charge is 2.43. The van der Waals surface area contributed by atoms with Gasteiger partial charge in [-0.1, -0.05) is 41.9 Å². The number of carbonyl (C=O) groups excluding carboxylic acids is 1. The Balaban J connectivity index is 1.62. The highest BCUT2D eigenvalue weighted by molar-refractivity contribution is 6.30. The lowest BCUT2D eigenvalue weighted by atomic mass is 10.1. The summed E-state index contributed by atoms with van der Waals surface area (Å²) in [6.07, 6.45) is -0.382. The summed E-state index contributed by atoms with van der Waals surface area (Å²) < 4.78 is 17.0. The van der Waals surface area contributed by atoms with Crippen LogP contribution in [0.25, 0.3) is 0 Å². The van der Waals surface area contributed by atoms with Gasteiger partial charge in [0.15, 0.2) is 0 Å². The van der Waals surface area contributed by atoms with Gasteiger partial charge in [0.05, 0.1) is 18.1 Å². The molecule has 0 aliphatic carbocycles. The van der Waals surface area contributed by atoms with Gasteiger partial charge in [-0.2, -0.15) is 0 Å². The first-order valence-corrected chi connectivity index (χ1v) is 8.40. The second kappa shape index (κ2) is 7.53. The number of benzene rings is 2. The summed E-state index contributed by atoms with van der Waals surface area (Å²) in [4.78, 5) is 12.0. The van der Waals surface area contributed by atoms with E-state index in [0.717, 1.165) is 5.56 Å². The van der Waals surface area contributed by atoms with Gasteiger partial charge in [0.1, 0.15) is 12.7 Å². The summed E-state index contributed by atoms with van der Waals surface area (Å²) in [5.41, 5.74) is 1.27. The second-order valence-electron chi connectivity index (χ2n) is 5.41. The molecule has 2 atom stereocenters. The quantitative estimate of drug-likeness (QED) is 0.592. The minimum atomic E-state index is -1.05. The van der Waals surface area contributed by atoms with Gasteiger partial charge >= 0.3 is 5.97 Å². The highest BCUT2D eigenvalue weighted by Crippen LogP contribution is 2.36. The lowest BCUT2D eigenvalue weighted by molar-refractivity contribution is -0.162. The van der Waals surface area contributed by atoms with E-state index in [1.807, 2.05) is 18.2 Å². The number of halogens is 2. The van der Waals surface area contributed by atoms with Crippen LogP contribution < -0.4 is 0 Å². The fourth-order valence-corrected chi connectivity index (χ4v) is 2.90. The molecule has 0 unspecified atom stereocenters. The highest BCUT2D eigenvalue weighted by atomic mass is 35.5. The van der Waals surface area contributed by atoms with Crippen molar-refractivity contribution in [3.63, 3.8) is 0 Å². The number of rotatable bonds is 5. The predicted molar refractivity (Wildman–Crippen MR) is 91.4 cm³/mol. The number of hydrogen-bond acceptors (Lipinski definition) is 4. The van der Waals surface area contributed by atoms with Crippen LogP contribution in [-0.4, -0.2) is 31.2 Å². The van der Waals surface area contributed by atoms with E-state index in [2.05, 4.69) is 0 Å². The molecule has 3 rings (SSSR count). The fraction of sp³-hybridized carbons (Fsp3) is 0.278. The van der Waals surface area contributed by atoms with E-state index in [-0.39, 0.29) is 25.2 Å². The van der Waals surface area contributed by atoms with Crippen LogP contribution >= 0.6 is 23.2 Å². The zero-order valence-electron chi connectivity index (χ0n) is 12.8. The summed E-state index contributed by atoms with van der Waals surface area (Å²) in [6.45, 7) is 0.386. The van der Waals surface area contributed by atoms with Gasteiger partial charge in [-0.3, -0.25) is 0 Å². The smallest absolute Gasteiger partial charge is 0.338 e. The van der Waals surface area contributed by atoms with E-state index in [1.54, 1.807) is 36.4 Å². The maximum Gasteiger partial charge on any atom is 0.338 e. The van der Waals surface area contributed by atoms with Gasteiger partial charge in [0.2, 0.25) is 5.79 Å². The molecule has 1 aliphatic heterocycles. The molecule has 0 bridgehead atoms. The van der Waals surface area contributed by atoms with E-state index < -0.39 is 11.8 Å². The molecule has 0 N–H and O–H groups in total. The molecule has 1 heterocycles. The van der Waals surface area contributed by atoms with Crippen LogP contribution in [0.15, 0.2) is 54.6 Å². The van der Waals surface area contributed by atoms with Crippen LogP contribution in [0.2, 0.25) is 5.02 Å². The largest absolute Gasteiger partial charge is 0.459 e. The van der Waals surface area contributed by atoms with Crippen molar-refractivity contribution in [1.82, 2.24) is 0 Å². The molecule has 24 heavy (non-hydrogen) atoms. The lowest BCUT2D eigenvalue weighted by Gasteiger charge is -2.26. The van der Waals surface area contributed by atoms with E-state index in [0.29, 0.717) is 10.6 Å². The van der Waals surface area contributed by atoms with Crippen LogP contribution in [0.3, 0.4) is 0 Å². The molecule has 0 radical (unpaired) electrons. The second-order valence-corrected chi connectivity index (χ2v) is 6.11. The van der Waals surface area contributed by atoms with Crippen LogP contribution in [0.5, 0.6) is 0 Å². The Morgan fingerprint density at radius 3 is 2.54 bits per heavy atom. The first-order valence-electron chi connectivity index (χ1n) is 7.49. The Labute approximate surface area is 150 Å². The first-order chi connectivity index (χ1) is 11.6. The molecule has 1 fully saturated rings. The molecule has 0 saturated carbocycles. The SMILES string of the molecule is O=C(OC[C@@H]1CO[C@](CCl)(c2ccc(Cl)cc2)O1)c1ccccc1. The standard InChI is InChI=1S/C18H16Cl2O4/c19-12-18(14-6-8-15(20)9-7-14)23-11-16(24-18)10-22-17(21)13-4-2-1-3-5-13/h1-9,16H,10-12H2/t16-,18+/m1/s1. The van der Waals surface area contributed by atoms with Crippen molar-refractivity contribution in [2.75, 3.05) is 19.1 Å². The molecular weight excluding hydrogens is 351 g/mol. The van der Waals surface area contributed by atoms with Crippen molar-refractivity contribution in [2.24, 2.45) is 0 Å². The Morgan fingerprint density at radius 1 is 1.17 bits per heavy atom. The maximum absolute atomic E-state index is 12.0. The zero-order chi connectivity index (χ0) is 17.0. The van der Waals surface area contributed by atoms with Crippen LogP contribution in [0, 0.1) is 0 Å². The molecule has 1 saturated heterocycles. The summed E-state index contributed by atoms with van der Waals surface area (Å²) in [5, 5.41) is 0.620. The van der Waals surface area contributed by atoms with Crippen LogP contribution in [0.1, 0.15) is 15.9 Å². The molecule has 4 nitrogen and oxygen atoms in total. The Hall–Kier alpha value is -1.59. The molecule has 1 aliphatic rings. The normalized spacial score (nSPS) is 23.2. The van der Waals surface area contributed by atoms with Crippen molar-refractivity contribution >= 4 is 29.2 Å². The minimum absolute atomic E-state index is 0.0972. The number of hydrogen-bond donors (Lipinski definition) is 0. The molecule has 6 heteroatoms. The van der Waals surface area contributed by atoms with E-state index in [9.17, 15) is 4.79 Å². The topological polar surface area (TPSA) is 44.8 Å². The first kappa shape index (κ1) is 17.2. The van der Waals surface area contributed by atoms with Gasteiger partial charge in [-0.15, -0.1) is 11.6 Å². The molecule has 0 spiro atoms. The summed E-state index contributed by atoms with van der Waals surface area (Å²) in [6, 6.07) is 15.9. The van der Waals surface area contributed by atoms with Crippen molar-refractivity contribution in [3.05, 3.63) is 70.7 Å². The van der Waals surface area contributed by atoms with Crippen molar-refractivity contribution in [2.45, 2.75) is 11.9 Å². The monoisotopic (exact) mass is 366 g/mol. The third-order valence-electron chi connectivity index (χ3n) is 3.73. The van der Waals surface area contributed by atoms with E-state index >= 15 is 0 Å². The van der Waals surface area contributed by atoms with Crippen molar-refractivity contribution in [3.8, 4) is 0 Å². The van der Waals surface area contributed by atoms with Gasteiger partial charge in [0.25, 0.3) is 0 Å². The summed E-state index contributed by atoms with van der Waals surface area (Å²) in [7, 11) is 0. The fourth-order valence-electron chi connectivity index (χ4n) is 2.48. The molecule has 2 aromatic carbocycles. The predicted octanol–water partition coefficient (Wildman–Crippen LogP) is 4.00. The van der Waals surface area contributed by atoms with E-state index in [1.165, 1.54) is 0 Å². The van der Waals surface area contributed by atoms with Gasteiger partial charge in [-0.05, 0) is 24.3 Å². The number of alkyl halides is 1. The van der Waals surface area contributed by atoms with Gasteiger partial charge in [0, 0.05) is 10.6 Å². The number of ether oxygens (including phenoxy) is 3. The molecule has 126 valence electrons. The number of carbonyl (C=O) groups is 1. The molecule has 0 aromatic heterocycles. The molecule has 0 amide bonds. The maximum atomic E-state index is 12.0. The summed E-state index contributed by atoms with van der Waals surface area (Å²) >= 11 is 12.0. The minimum Gasteiger partial charge on any atom is -0.459 e. The number of esters is 1. The summed E-state index contributed by atoms with van der Waals surface area (Å²) in [5.74, 6) is -1.32. The average molecular weight is 367 g/mol. The van der Waals surface area contributed by atoms with Crippen LogP contribution in [-0.2, 0) is 20.0 Å². The zero-order valence-corrected chi connectivity index (χ0v) is 14.3. The Kier molecular flexibility index (Phi) is 5.41. The van der Waals surface area contributed by atoms with Gasteiger partial charge in [-0.25, -0.2) is 4.79 Å². The van der Waals surface area contributed by atoms with Gasteiger partial charge < -0.3 is 14.2 Å². The Bertz CT molecular complexity index is 690. The molecular formula is C18H16Cl2O4. The third kappa shape index (κ3) is 3.73. The van der Waals surface area contributed by atoms with Crippen molar-refractivity contribution < 1.29 is 19.0 Å². The average Bonchev–Trinajstić information content (AvgIpc) is 3.06. The molecule has 2 aromatic rings. The van der Waals surface area contributed by atoms with Crippen LogP contribution in [0.4, 0.5) is 0 Å². The lowest BCUT2D eigenvalue weighted by Crippen LogP contribution is -2.31. The third-order valence-corrected chi connectivity index (χ3v) is 4.33.